The fourth-order valence-corrected chi connectivity index (χ4v) is 2.55. The van der Waals surface area contributed by atoms with E-state index in [1.807, 2.05) is 0 Å². The molecule has 1 aliphatic heterocycles. The summed E-state index contributed by atoms with van der Waals surface area (Å²) >= 11 is 0. The van der Waals surface area contributed by atoms with Crippen LogP contribution < -0.4 is 5.73 Å². The molecule has 0 saturated carbocycles. The number of amides is 2. The molecule has 1 aromatic heterocycles. The van der Waals surface area contributed by atoms with E-state index in [1.165, 1.54) is 12.1 Å². The Morgan fingerprint density at radius 3 is 2.68 bits per heavy atom. The number of nitrogens with zero attached hydrogens (tertiary/aromatic N) is 2. The quantitative estimate of drug-likeness (QED) is 0.891. The van der Waals surface area contributed by atoms with Gasteiger partial charge >= 0.3 is 0 Å². The van der Waals surface area contributed by atoms with Crippen molar-refractivity contribution in [1.82, 2.24) is 15.1 Å². The SMILES string of the molecule is NC(=O)[C@@H]1CCN(C(=O)c2cc(-c3ccc(F)cc3)n[nH]2)C1. The topological polar surface area (TPSA) is 92.1 Å². The maximum absolute atomic E-state index is 12.9. The van der Waals surface area contributed by atoms with Crippen LogP contribution in [0, 0.1) is 11.7 Å². The normalized spacial score (nSPS) is 17.7. The van der Waals surface area contributed by atoms with Gasteiger partial charge in [-0.05, 0) is 36.8 Å². The summed E-state index contributed by atoms with van der Waals surface area (Å²) in [5, 5.41) is 6.76. The second-order valence-corrected chi connectivity index (χ2v) is 5.31. The molecule has 7 heteroatoms. The first-order chi connectivity index (χ1) is 10.5. The Morgan fingerprint density at radius 1 is 1.32 bits per heavy atom. The highest BCUT2D eigenvalue weighted by Crippen LogP contribution is 2.21. The number of H-pyrrole nitrogens is 1. The van der Waals surface area contributed by atoms with Gasteiger partial charge in [-0.3, -0.25) is 14.7 Å². The lowest BCUT2D eigenvalue weighted by Crippen LogP contribution is -2.31. The van der Waals surface area contributed by atoms with Crippen LogP contribution in [0.3, 0.4) is 0 Å². The molecule has 3 rings (SSSR count). The summed E-state index contributed by atoms with van der Waals surface area (Å²) in [6.45, 7) is 0.830. The van der Waals surface area contributed by atoms with Crippen molar-refractivity contribution in [2.45, 2.75) is 6.42 Å². The van der Waals surface area contributed by atoms with Crippen LogP contribution in [0.4, 0.5) is 4.39 Å². The maximum atomic E-state index is 12.9. The number of aromatic amines is 1. The van der Waals surface area contributed by atoms with E-state index < -0.39 is 0 Å². The van der Waals surface area contributed by atoms with Gasteiger partial charge in [-0.2, -0.15) is 5.10 Å². The van der Waals surface area contributed by atoms with Gasteiger partial charge in [-0.15, -0.1) is 0 Å². The molecule has 1 saturated heterocycles. The Balaban J connectivity index is 1.75. The van der Waals surface area contributed by atoms with Crippen LogP contribution in [0.15, 0.2) is 30.3 Å². The van der Waals surface area contributed by atoms with Gasteiger partial charge in [0.25, 0.3) is 5.91 Å². The van der Waals surface area contributed by atoms with Crippen LogP contribution in [0.25, 0.3) is 11.3 Å². The molecule has 0 aliphatic carbocycles. The van der Waals surface area contributed by atoms with E-state index in [-0.39, 0.29) is 23.5 Å². The molecule has 114 valence electrons. The molecule has 0 spiro atoms. The predicted molar refractivity (Wildman–Crippen MR) is 77.2 cm³/mol. The van der Waals surface area contributed by atoms with Crippen molar-refractivity contribution >= 4 is 11.8 Å². The van der Waals surface area contributed by atoms with Crippen LogP contribution in [0.1, 0.15) is 16.9 Å². The molecule has 0 unspecified atom stereocenters. The number of hydrogen-bond acceptors (Lipinski definition) is 3. The molecule has 1 atom stereocenters. The zero-order valence-electron chi connectivity index (χ0n) is 11.8. The van der Waals surface area contributed by atoms with Crippen LogP contribution in [0.5, 0.6) is 0 Å². The van der Waals surface area contributed by atoms with Gasteiger partial charge in [-0.25, -0.2) is 4.39 Å². The Kier molecular flexibility index (Phi) is 3.62. The predicted octanol–water partition coefficient (Wildman–Crippen LogP) is 1.16. The number of primary amides is 1. The minimum Gasteiger partial charge on any atom is -0.369 e. The van der Waals surface area contributed by atoms with Gasteiger partial charge in [0.15, 0.2) is 0 Å². The number of likely N-dealkylation sites (tertiary alicyclic amines) is 1. The number of halogens is 1. The highest BCUT2D eigenvalue weighted by molar-refractivity contribution is 5.94. The number of nitrogens with two attached hydrogens (primary N) is 1. The number of rotatable bonds is 3. The molecule has 0 bridgehead atoms. The summed E-state index contributed by atoms with van der Waals surface area (Å²) in [6.07, 6.45) is 0.583. The molecule has 3 N–H and O–H groups in total. The highest BCUT2D eigenvalue weighted by atomic mass is 19.1. The summed E-state index contributed by atoms with van der Waals surface area (Å²) in [7, 11) is 0. The molecule has 1 aliphatic rings. The van der Waals surface area contributed by atoms with Crippen molar-refractivity contribution in [3.8, 4) is 11.3 Å². The van der Waals surface area contributed by atoms with Crippen molar-refractivity contribution in [2.75, 3.05) is 13.1 Å². The molecule has 22 heavy (non-hydrogen) atoms. The zero-order chi connectivity index (χ0) is 15.7. The molecule has 1 fully saturated rings. The van der Waals surface area contributed by atoms with Gasteiger partial charge < -0.3 is 10.6 Å². The van der Waals surface area contributed by atoms with Crippen LogP contribution in [0.2, 0.25) is 0 Å². The second kappa shape index (κ2) is 5.59. The highest BCUT2D eigenvalue weighted by Gasteiger charge is 2.30. The van der Waals surface area contributed by atoms with Crippen LogP contribution in [-0.2, 0) is 4.79 Å². The van der Waals surface area contributed by atoms with E-state index >= 15 is 0 Å². The average Bonchev–Trinajstić information content (AvgIpc) is 3.17. The lowest BCUT2D eigenvalue weighted by molar-refractivity contribution is -0.121. The van der Waals surface area contributed by atoms with E-state index in [9.17, 15) is 14.0 Å². The number of nitrogens with one attached hydrogen (secondary N) is 1. The van der Waals surface area contributed by atoms with Gasteiger partial charge in [0.2, 0.25) is 5.91 Å². The number of benzene rings is 1. The monoisotopic (exact) mass is 302 g/mol. The van der Waals surface area contributed by atoms with Crippen molar-refractivity contribution < 1.29 is 14.0 Å². The third-order valence-electron chi connectivity index (χ3n) is 3.83. The number of carbonyl (C=O) groups is 2. The number of hydrogen-bond donors (Lipinski definition) is 2. The summed E-state index contributed by atoms with van der Waals surface area (Å²) in [6, 6.07) is 7.48. The third-order valence-corrected chi connectivity index (χ3v) is 3.83. The molecule has 0 radical (unpaired) electrons. The van der Waals surface area contributed by atoms with E-state index in [0.29, 0.717) is 36.5 Å². The Morgan fingerprint density at radius 2 is 2.05 bits per heavy atom. The maximum Gasteiger partial charge on any atom is 0.271 e. The minimum atomic E-state index is -0.382. The molecular formula is C15H15FN4O2. The van der Waals surface area contributed by atoms with E-state index in [1.54, 1.807) is 23.1 Å². The van der Waals surface area contributed by atoms with Crippen LogP contribution in [-0.4, -0.2) is 40.0 Å². The third kappa shape index (κ3) is 2.69. The zero-order valence-corrected chi connectivity index (χ0v) is 11.8. The van der Waals surface area contributed by atoms with Crippen molar-refractivity contribution in [1.29, 1.82) is 0 Å². The lowest BCUT2D eigenvalue weighted by Gasteiger charge is -2.14. The second-order valence-electron chi connectivity index (χ2n) is 5.31. The van der Waals surface area contributed by atoms with Gasteiger partial charge in [-0.1, -0.05) is 0 Å². The Hall–Kier alpha value is -2.70. The first-order valence-corrected chi connectivity index (χ1v) is 6.94. The van der Waals surface area contributed by atoms with Gasteiger partial charge in [0, 0.05) is 18.7 Å². The average molecular weight is 302 g/mol. The van der Waals surface area contributed by atoms with E-state index in [0.717, 1.165) is 0 Å². The molecule has 1 aromatic carbocycles. The summed E-state index contributed by atoms with van der Waals surface area (Å²) in [5.41, 5.74) is 6.88. The number of aromatic nitrogens is 2. The fourth-order valence-electron chi connectivity index (χ4n) is 2.55. The van der Waals surface area contributed by atoms with Gasteiger partial charge in [0.1, 0.15) is 11.5 Å². The Bertz CT molecular complexity index is 711. The van der Waals surface area contributed by atoms with E-state index in [4.69, 9.17) is 5.73 Å². The fraction of sp³-hybridized carbons (Fsp3) is 0.267. The van der Waals surface area contributed by atoms with Crippen molar-refractivity contribution in [3.05, 3.63) is 41.8 Å². The van der Waals surface area contributed by atoms with E-state index in [2.05, 4.69) is 10.2 Å². The van der Waals surface area contributed by atoms with Crippen LogP contribution >= 0.6 is 0 Å². The number of carbonyl (C=O) groups excluding carboxylic acids is 2. The summed E-state index contributed by atoms with van der Waals surface area (Å²) < 4.78 is 12.9. The molecule has 2 heterocycles. The largest absolute Gasteiger partial charge is 0.369 e. The summed E-state index contributed by atoms with van der Waals surface area (Å²) in [5.74, 6) is -1.22. The van der Waals surface area contributed by atoms with Crippen molar-refractivity contribution in [3.63, 3.8) is 0 Å². The smallest absolute Gasteiger partial charge is 0.271 e. The van der Waals surface area contributed by atoms with Gasteiger partial charge in [0.05, 0.1) is 11.6 Å². The first-order valence-electron chi connectivity index (χ1n) is 6.94. The van der Waals surface area contributed by atoms with Crippen molar-refractivity contribution in [2.24, 2.45) is 11.7 Å². The standard InChI is InChI=1S/C15H15FN4O2/c16-11-3-1-9(2-4-11)12-7-13(19-18-12)15(22)20-6-5-10(8-20)14(17)21/h1-4,7,10H,5-6,8H2,(H2,17,21)(H,18,19)/t10-/m1/s1. The minimum absolute atomic E-state index is 0.218. The first kappa shape index (κ1) is 14.2. The Labute approximate surface area is 126 Å². The molecule has 2 aromatic rings. The molecular weight excluding hydrogens is 287 g/mol. The summed E-state index contributed by atoms with van der Waals surface area (Å²) in [4.78, 5) is 25.1. The lowest BCUT2D eigenvalue weighted by atomic mass is 10.1. The molecule has 6 nitrogen and oxygen atoms in total. The molecule has 2 amide bonds.